The standard InChI is InChI=1S/C18H17Cl2N5O/c1-12-9-16(24-25(12)14-5-3-2-4-6-14)18(26)22-8-7-21-17-15(20)10-13(19)11-23-17/h2-6,9-11H,7-8H2,1H3,(H,21,23)(H,22,26). The number of para-hydroxylation sites is 1. The highest BCUT2D eigenvalue weighted by molar-refractivity contribution is 6.35. The molecule has 2 heterocycles. The van der Waals surface area contributed by atoms with Crippen LogP contribution in [-0.4, -0.2) is 33.8 Å². The Labute approximate surface area is 161 Å². The molecule has 0 saturated heterocycles. The Kier molecular flexibility index (Phi) is 5.75. The number of hydrogen-bond acceptors (Lipinski definition) is 4. The third kappa shape index (κ3) is 4.33. The molecule has 26 heavy (non-hydrogen) atoms. The summed E-state index contributed by atoms with van der Waals surface area (Å²) in [4.78, 5) is 16.4. The van der Waals surface area contributed by atoms with Gasteiger partial charge < -0.3 is 10.6 Å². The van der Waals surface area contributed by atoms with Crippen LogP contribution in [-0.2, 0) is 0 Å². The number of halogens is 2. The number of nitrogens with one attached hydrogen (secondary N) is 2. The number of anilines is 1. The van der Waals surface area contributed by atoms with Crippen LogP contribution in [0.25, 0.3) is 5.69 Å². The molecule has 6 nitrogen and oxygen atoms in total. The first-order valence-electron chi connectivity index (χ1n) is 8.00. The minimum Gasteiger partial charge on any atom is -0.367 e. The van der Waals surface area contributed by atoms with E-state index in [1.165, 1.54) is 6.20 Å². The van der Waals surface area contributed by atoms with E-state index >= 15 is 0 Å². The summed E-state index contributed by atoms with van der Waals surface area (Å²) >= 11 is 11.8. The smallest absolute Gasteiger partial charge is 0.271 e. The minimum atomic E-state index is -0.236. The van der Waals surface area contributed by atoms with Crippen molar-refractivity contribution in [2.24, 2.45) is 0 Å². The Morgan fingerprint density at radius 3 is 2.65 bits per heavy atom. The number of amides is 1. The van der Waals surface area contributed by atoms with Crippen LogP contribution < -0.4 is 10.6 Å². The minimum absolute atomic E-state index is 0.236. The van der Waals surface area contributed by atoms with Crippen LogP contribution in [0.15, 0.2) is 48.7 Å². The quantitative estimate of drug-likeness (QED) is 0.630. The second-order valence-corrected chi connectivity index (χ2v) is 6.43. The van der Waals surface area contributed by atoms with Gasteiger partial charge in [0.05, 0.1) is 15.7 Å². The molecule has 0 aliphatic heterocycles. The van der Waals surface area contributed by atoms with Crippen molar-refractivity contribution in [2.45, 2.75) is 6.92 Å². The van der Waals surface area contributed by atoms with Crippen LogP contribution in [0, 0.1) is 6.92 Å². The third-order valence-electron chi connectivity index (χ3n) is 3.63. The highest BCUT2D eigenvalue weighted by Crippen LogP contribution is 2.22. The van der Waals surface area contributed by atoms with Gasteiger partial charge in [-0.05, 0) is 31.2 Å². The Balaban J connectivity index is 1.56. The summed E-state index contributed by atoms with van der Waals surface area (Å²) < 4.78 is 1.74. The molecule has 3 aromatic rings. The molecule has 2 aromatic heterocycles. The zero-order valence-electron chi connectivity index (χ0n) is 14.0. The summed E-state index contributed by atoms with van der Waals surface area (Å²) in [6, 6.07) is 13.0. The van der Waals surface area contributed by atoms with Gasteiger partial charge in [-0.3, -0.25) is 4.79 Å². The van der Waals surface area contributed by atoms with E-state index < -0.39 is 0 Å². The van der Waals surface area contributed by atoms with Gasteiger partial charge in [0.25, 0.3) is 5.91 Å². The maximum absolute atomic E-state index is 12.3. The first kappa shape index (κ1) is 18.2. The molecule has 1 aromatic carbocycles. The highest BCUT2D eigenvalue weighted by Gasteiger charge is 2.12. The molecule has 3 rings (SSSR count). The largest absolute Gasteiger partial charge is 0.367 e. The number of carbonyl (C=O) groups excluding carboxylic acids is 1. The van der Waals surface area contributed by atoms with Gasteiger partial charge >= 0.3 is 0 Å². The van der Waals surface area contributed by atoms with E-state index in [-0.39, 0.29) is 5.91 Å². The summed E-state index contributed by atoms with van der Waals surface area (Å²) in [6.45, 7) is 2.78. The van der Waals surface area contributed by atoms with E-state index in [0.29, 0.717) is 34.6 Å². The number of aryl methyl sites for hydroxylation is 1. The van der Waals surface area contributed by atoms with Crippen LogP contribution in [0.4, 0.5) is 5.82 Å². The van der Waals surface area contributed by atoms with Crippen molar-refractivity contribution in [1.29, 1.82) is 0 Å². The molecule has 0 aliphatic rings. The fourth-order valence-corrected chi connectivity index (χ4v) is 2.86. The number of rotatable bonds is 6. The Hall–Kier alpha value is -2.57. The monoisotopic (exact) mass is 389 g/mol. The molecular weight excluding hydrogens is 373 g/mol. The fourth-order valence-electron chi connectivity index (χ4n) is 2.41. The van der Waals surface area contributed by atoms with Crippen molar-refractivity contribution < 1.29 is 4.79 Å². The van der Waals surface area contributed by atoms with Crippen molar-refractivity contribution in [2.75, 3.05) is 18.4 Å². The van der Waals surface area contributed by atoms with Gasteiger partial charge in [0.1, 0.15) is 5.82 Å². The van der Waals surface area contributed by atoms with Gasteiger partial charge in [0.15, 0.2) is 5.69 Å². The van der Waals surface area contributed by atoms with Crippen molar-refractivity contribution in [3.63, 3.8) is 0 Å². The molecule has 8 heteroatoms. The molecule has 134 valence electrons. The molecule has 1 amide bonds. The molecular formula is C18H17Cl2N5O. The number of aromatic nitrogens is 3. The van der Waals surface area contributed by atoms with E-state index in [1.807, 2.05) is 37.3 Å². The van der Waals surface area contributed by atoms with Crippen LogP contribution in [0.2, 0.25) is 10.0 Å². The molecule has 0 unspecified atom stereocenters. The van der Waals surface area contributed by atoms with Gasteiger partial charge in [-0.15, -0.1) is 0 Å². The van der Waals surface area contributed by atoms with Gasteiger partial charge in [-0.25, -0.2) is 9.67 Å². The van der Waals surface area contributed by atoms with Crippen LogP contribution in [0.5, 0.6) is 0 Å². The van der Waals surface area contributed by atoms with Gasteiger partial charge in [0.2, 0.25) is 0 Å². The third-order valence-corrected chi connectivity index (χ3v) is 4.13. The second kappa shape index (κ2) is 8.21. The number of pyridine rings is 1. The van der Waals surface area contributed by atoms with Gasteiger partial charge in [0, 0.05) is 25.0 Å². The Morgan fingerprint density at radius 1 is 1.15 bits per heavy atom. The first-order valence-corrected chi connectivity index (χ1v) is 8.75. The van der Waals surface area contributed by atoms with E-state index in [1.54, 1.807) is 16.8 Å². The van der Waals surface area contributed by atoms with Crippen molar-refractivity contribution in [3.05, 3.63) is 70.1 Å². The lowest BCUT2D eigenvalue weighted by molar-refractivity contribution is 0.0950. The molecule has 0 spiro atoms. The average Bonchev–Trinajstić information content (AvgIpc) is 3.02. The molecule has 0 fully saturated rings. The second-order valence-electron chi connectivity index (χ2n) is 5.58. The highest BCUT2D eigenvalue weighted by atomic mass is 35.5. The number of benzene rings is 1. The van der Waals surface area contributed by atoms with Crippen molar-refractivity contribution >= 4 is 34.9 Å². The topological polar surface area (TPSA) is 71.8 Å². The molecule has 0 radical (unpaired) electrons. The molecule has 2 N–H and O–H groups in total. The predicted octanol–water partition coefficient (Wildman–Crippen LogP) is 3.72. The summed E-state index contributed by atoms with van der Waals surface area (Å²) in [6.07, 6.45) is 1.51. The normalized spacial score (nSPS) is 10.6. The summed E-state index contributed by atoms with van der Waals surface area (Å²) in [5, 5.41) is 11.1. The molecule has 0 aliphatic carbocycles. The zero-order chi connectivity index (χ0) is 18.5. The van der Waals surface area contributed by atoms with Crippen molar-refractivity contribution in [3.8, 4) is 5.69 Å². The average molecular weight is 390 g/mol. The maximum atomic E-state index is 12.3. The lowest BCUT2D eigenvalue weighted by atomic mass is 10.3. The van der Waals surface area contributed by atoms with Crippen LogP contribution >= 0.6 is 23.2 Å². The number of nitrogens with zero attached hydrogens (tertiary/aromatic N) is 3. The molecule has 0 bridgehead atoms. The Morgan fingerprint density at radius 2 is 1.92 bits per heavy atom. The lowest BCUT2D eigenvalue weighted by Crippen LogP contribution is -2.29. The van der Waals surface area contributed by atoms with E-state index in [9.17, 15) is 4.79 Å². The van der Waals surface area contributed by atoms with E-state index in [4.69, 9.17) is 23.2 Å². The van der Waals surface area contributed by atoms with Crippen molar-refractivity contribution in [1.82, 2.24) is 20.1 Å². The zero-order valence-corrected chi connectivity index (χ0v) is 15.6. The maximum Gasteiger partial charge on any atom is 0.271 e. The molecule has 0 atom stereocenters. The SMILES string of the molecule is Cc1cc(C(=O)NCCNc2ncc(Cl)cc2Cl)nn1-c1ccccc1. The van der Waals surface area contributed by atoms with E-state index in [0.717, 1.165) is 11.4 Å². The first-order chi connectivity index (χ1) is 12.5. The summed E-state index contributed by atoms with van der Waals surface area (Å²) in [5.41, 5.74) is 2.17. The lowest BCUT2D eigenvalue weighted by Gasteiger charge is -2.08. The van der Waals surface area contributed by atoms with Crippen LogP contribution in [0.3, 0.4) is 0 Å². The van der Waals surface area contributed by atoms with Gasteiger partial charge in [-0.1, -0.05) is 41.4 Å². The predicted molar refractivity (Wildman–Crippen MR) is 103 cm³/mol. The molecule has 0 saturated carbocycles. The number of carbonyl (C=O) groups is 1. The van der Waals surface area contributed by atoms with Crippen LogP contribution in [0.1, 0.15) is 16.2 Å². The fraction of sp³-hybridized carbons (Fsp3) is 0.167. The van der Waals surface area contributed by atoms with Gasteiger partial charge in [-0.2, -0.15) is 5.10 Å². The number of hydrogen-bond donors (Lipinski definition) is 2. The van der Waals surface area contributed by atoms with E-state index in [2.05, 4.69) is 20.7 Å². The summed E-state index contributed by atoms with van der Waals surface area (Å²) in [5.74, 6) is 0.286. The summed E-state index contributed by atoms with van der Waals surface area (Å²) in [7, 11) is 0. The Bertz CT molecular complexity index is 911.